The van der Waals surface area contributed by atoms with Crippen LogP contribution in [0.2, 0.25) is 0 Å². The van der Waals surface area contributed by atoms with Crippen molar-refractivity contribution in [2.75, 3.05) is 13.2 Å². The number of esters is 3. The van der Waals surface area contributed by atoms with Crippen LogP contribution < -0.4 is 0 Å². The Hall–Kier alpha value is -1.59. The molecule has 0 heterocycles. The fourth-order valence-electron chi connectivity index (χ4n) is 5.26. The van der Waals surface area contributed by atoms with Crippen LogP contribution in [0.1, 0.15) is 201 Å². The predicted octanol–water partition coefficient (Wildman–Crippen LogP) is 11.0. The average molecular weight is 611 g/mol. The smallest absolute Gasteiger partial charge is 0.306 e. The summed E-state index contributed by atoms with van der Waals surface area (Å²) in [5.74, 6) is -0.894. The number of hydrogen-bond acceptors (Lipinski definition) is 6. The zero-order valence-corrected chi connectivity index (χ0v) is 28.7. The molecule has 0 aliphatic carbocycles. The van der Waals surface area contributed by atoms with Gasteiger partial charge in [0.25, 0.3) is 0 Å². The molecule has 0 spiro atoms. The second-order valence-electron chi connectivity index (χ2n) is 12.5. The first kappa shape index (κ1) is 41.4. The number of unbranched alkanes of at least 4 members (excludes halogenated alkanes) is 22. The topological polar surface area (TPSA) is 78.9 Å². The summed E-state index contributed by atoms with van der Waals surface area (Å²) in [6.45, 7) is 6.45. The third kappa shape index (κ3) is 31.6. The van der Waals surface area contributed by atoms with Gasteiger partial charge in [-0.15, -0.1) is 0 Å². The summed E-state index contributed by atoms with van der Waals surface area (Å²) in [7, 11) is 0. The molecule has 0 aromatic rings. The Kier molecular flexibility index (Phi) is 32.1. The lowest BCUT2D eigenvalue weighted by molar-refractivity contribution is -0.167. The number of ether oxygens (including phenoxy) is 3. The fourth-order valence-corrected chi connectivity index (χ4v) is 5.26. The normalized spacial score (nSPS) is 11.8. The minimum Gasteiger partial charge on any atom is -0.462 e. The van der Waals surface area contributed by atoms with Gasteiger partial charge in [0, 0.05) is 19.3 Å². The Morgan fingerprint density at radius 3 is 0.930 bits per heavy atom. The van der Waals surface area contributed by atoms with Crippen molar-refractivity contribution >= 4 is 17.9 Å². The van der Waals surface area contributed by atoms with Gasteiger partial charge in [0.15, 0.2) is 6.10 Å². The predicted molar refractivity (Wildman–Crippen MR) is 178 cm³/mol. The SMILES string of the molecule is CCCCCCCCCCCCCCCCCC(=O)OC[C@H](COC(=O)CCCCCCC)OC(=O)CCCCCCC. The van der Waals surface area contributed by atoms with Crippen LogP contribution in [0.4, 0.5) is 0 Å². The Balaban J connectivity index is 4.10. The standard InChI is InChI=1S/C37H70O6/c1-4-7-10-13-14-15-16-17-18-19-20-21-22-25-27-30-36(39)42-33-34(43-37(40)31-28-24-12-9-6-3)32-41-35(38)29-26-23-11-8-5-2/h34H,4-33H2,1-3H3/t34-/m0/s1. The molecule has 6 nitrogen and oxygen atoms in total. The summed E-state index contributed by atoms with van der Waals surface area (Å²) in [6, 6.07) is 0. The van der Waals surface area contributed by atoms with E-state index in [0.29, 0.717) is 19.3 Å². The minimum atomic E-state index is -0.753. The zero-order valence-electron chi connectivity index (χ0n) is 28.7. The third-order valence-corrected chi connectivity index (χ3v) is 8.11. The molecule has 0 rings (SSSR count). The highest BCUT2D eigenvalue weighted by atomic mass is 16.6. The molecule has 0 aliphatic rings. The van der Waals surface area contributed by atoms with Crippen molar-refractivity contribution < 1.29 is 28.6 Å². The van der Waals surface area contributed by atoms with E-state index in [1.807, 2.05) is 0 Å². The summed E-state index contributed by atoms with van der Waals surface area (Å²) < 4.78 is 16.4. The molecule has 6 heteroatoms. The largest absolute Gasteiger partial charge is 0.462 e. The van der Waals surface area contributed by atoms with Gasteiger partial charge in [-0.25, -0.2) is 0 Å². The maximum atomic E-state index is 12.4. The highest BCUT2D eigenvalue weighted by molar-refractivity contribution is 5.71. The van der Waals surface area contributed by atoms with Crippen LogP contribution >= 0.6 is 0 Å². The van der Waals surface area contributed by atoms with Crippen LogP contribution in [0.5, 0.6) is 0 Å². The monoisotopic (exact) mass is 611 g/mol. The van der Waals surface area contributed by atoms with Crippen LogP contribution in [-0.4, -0.2) is 37.2 Å². The molecule has 1 atom stereocenters. The maximum Gasteiger partial charge on any atom is 0.306 e. The minimum absolute atomic E-state index is 0.0665. The molecule has 254 valence electrons. The maximum absolute atomic E-state index is 12.4. The Morgan fingerprint density at radius 2 is 0.628 bits per heavy atom. The van der Waals surface area contributed by atoms with Gasteiger partial charge in [0.2, 0.25) is 0 Å². The zero-order chi connectivity index (χ0) is 31.6. The van der Waals surface area contributed by atoms with Gasteiger partial charge in [-0.05, 0) is 19.3 Å². The first-order valence-corrected chi connectivity index (χ1v) is 18.5. The summed E-state index contributed by atoms with van der Waals surface area (Å²) in [6.07, 6.45) is 30.0. The Morgan fingerprint density at radius 1 is 0.372 bits per heavy atom. The first-order valence-electron chi connectivity index (χ1n) is 18.5. The lowest BCUT2D eigenvalue weighted by atomic mass is 10.0. The third-order valence-electron chi connectivity index (χ3n) is 8.11. The molecular weight excluding hydrogens is 540 g/mol. The average Bonchev–Trinajstić information content (AvgIpc) is 3.00. The van der Waals surface area contributed by atoms with Crippen molar-refractivity contribution in [3.63, 3.8) is 0 Å². The van der Waals surface area contributed by atoms with Gasteiger partial charge >= 0.3 is 17.9 Å². The summed E-state index contributed by atoms with van der Waals surface area (Å²) in [4.78, 5) is 36.9. The van der Waals surface area contributed by atoms with Gasteiger partial charge in [0.1, 0.15) is 13.2 Å². The highest BCUT2D eigenvalue weighted by Gasteiger charge is 2.19. The van der Waals surface area contributed by atoms with Gasteiger partial charge in [0.05, 0.1) is 0 Å². The molecule has 0 aromatic heterocycles. The van der Waals surface area contributed by atoms with E-state index < -0.39 is 6.10 Å². The quantitative estimate of drug-likeness (QED) is 0.0418. The van der Waals surface area contributed by atoms with Crippen molar-refractivity contribution in [1.82, 2.24) is 0 Å². The molecular formula is C37H70O6. The van der Waals surface area contributed by atoms with Crippen LogP contribution in [0, 0.1) is 0 Å². The molecule has 0 N–H and O–H groups in total. The number of carbonyl (C=O) groups is 3. The van der Waals surface area contributed by atoms with Crippen molar-refractivity contribution in [1.29, 1.82) is 0 Å². The molecule has 0 aromatic carbocycles. The number of hydrogen-bond donors (Lipinski definition) is 0. The molecule has 0 fully saturated rings. The first-order chi connectivity index (χ1) is 21.0. The number of rotatable bonds is 33. The molecule has 0 aliphatic heterocycles. The molecule has 0 saturated heterocycles. The molecule has 43 heavy (non-hydrogen) atoms. The van der Waals surface area contributed by atoms with E-state index in [0.717, 1.165) is 70.6 Å². The van der Waals surface area contributed by atoms with E-state index in [9.17, 15) is 14.4 Å². The van der Waals surface area contributed by atoms with Crippen LogP contribution in [0.3, 0.4) is 0 Å². The van der Waals surface area contributed by atoms with E-state index in [2.05, 4.69) is 20.8 Å². The van der Waals surface area contributed by atoms with E-state index >= 15 is 0 Å². The second-order valence-corrected chi connectivity index (χ2v) is 12.5. The van der Waals surface area contributed by atoms with Crippen molar-refractivity contribution in [3.8, 4) is 0 Å². The van der Waals surface area contributed by atoms with E-state index in [1.54, 1.807) is 0 Å². The van der Waals surface area contributed by atoms with Crippen molar-refractivity contribution in [2.24, 2.45) is 0 Å². The van der Waals surface area contributed by atoms with Crippen LogP contribution in [0.15, 0.2) is 0 Å². The molecule has 0 radical (unpaired) electrons. The fraction of sp³-hybridized carbons (Fsp3) is 0.919. The Labute approximate surface area is 266 Å². The summed E-state index contributed by atoms with van der Waals surface area (Å²) in [5.41, 5.74) is 0. The van der Waals surface area contributed by atoms with E-state index in [1.165, 1.54) is 89.9 Å². The summed E-state index contributed by atoms with van der Waals surface area (Å²) in [5, 5.41) is 0. The number of carbonyl (C=O) groups excluding carboxylic acids is 3. The molecule has 0 saturated carbocycles. The van der Waals surface area contributed by atoms with E-state index in [-0.39, 0.29) is 31.1 Å². The van der Waals surface area contributed by atoms with Crippen LogP contribution in [0.25, 0.3) is 0 Å². The lowest BCUT2D eigenvalue weighted by Crippen LogP contribution is -2.30. The molecule has 0 amide bonds. The van der Waals surface area contributed by atoms with Crippen molar-refractivity contribution in [2.45, 2.75) is 207 Å². The van der Waals surface area contributed by atoms with Gasteiger partial charge in [-0.1, -0.05) is 162 Å². The lowest BCUT2D eigenvalue weighted by Gasteiger charge is -2.18. The Bertz CT molecular complexity index is 635. The highest BCUT2D eigenvalue weighted by Crippen LogP contribution is 2.14. The molecule has 0 unspecified atom stereocenters. The van der Waals surface area contributed by atoms with Gasteiger partial charge in [-0.2, -0.15) is 0 Å². The summed E-state index contributed by atoms with van der Waals surface area (Å²) >= 11 is 0. The van der Waals surface area contributed by atoms with Gasteiger partial charge in [-0.3, -0.25) is 14.4 Å². The van der Waals surface area contributed by atoms with Crippen molar-refractivity contribution in [3.05, 3.63) is 0 Å². The van der Waals surface area contributed by atoms with E-state index in [4.69, 9.17) is 14.2 Å². The molecule has 0 bridgehead atoms. The van der Waals surface area contributed by atoms with Gasteiger partial charge < -0.3 is 14.2 Å². The second kappa shape index (κ2) is 33.3. The van der Waals surface area contributed by atoms with Crippen LogP contribution in [-0.2, 0) is 28.6 Å².